The number of fused-ring (bicyclic) bond motifs is 1. The molecule has 2 aromatic rings. The van der Waals surface area contributed by atoms with Crippen LogP contribution in [0.5, 0.6) is 0 Å². The normalized spacial score (nSPS) is 13.4. The molecule has 0 amide bonds. The molecule has 126 valence electrons. The maximum atomic E-state index is 5.93. The smallest absolute Gasteiger partial charge is 0.377 e. The van der Waals surface area contributed by atoms with Crippen molar-refractivity contribution >= 4 is 19.6 Å². The molecule has 0 saturated heterocycles. The number of ether oxygens (including phenoxy) is 1. The minimum absolute atomic E-state index is 0.160. The zero-order valence-corrected chi connectivity index (χ0v) is 15.4. The van der Waals surface area contributed by atoms with Gasteiger partial charge in [0, 0.05) is 20.3 Å². The van der Waals surface area contributed by atoms with E-state index in [2.05, 4.69) is 37.3 Å². The molecule has 0 bridgehead atoms. The third-order valence-electron chi connectivity index (χ3n) is 4.12. The van der Waals surface area contributed by atoms with E-state index in [1.165, 1.54) is 16.3 Å². The highest BCUT2D eigenvalue weighted by molar-refractivity contribution is 6.60. The van der Waals surface area contributed by atoms with E-state index in [0.717, 1.165) is 6.42 Å². The van der Waals surface area contributed by atoms with Gasteiger partial charge in [-0.2, -0.15) is 0 Å². The maximum absolute atomic E-state index is 5.93. The third kappa shape index (κ3) is 4.62. The lowest BCUT2D eigenvalue weighted by atomic mass is 10.1. The van der Waals surface area contributed by atoms with Gasteiger partial charge in [0.1, 0.15) is 6.79 Å². The topological polar surface area (TPSA) is 36.9 Å². The molecule has 0 saturated carbocycles. The lowest BCUT2D eigenvalue weighted by molar-refractivity contribution is -0.0641. The highest BCUT2D eigenvalue weighted by Gasteiger charge is 2.40. The molecular weight excluding hydrogens is 308 g/mol. The molecule has 4 nitrogen and oxygen atoms in total. The predicted molar refractivity (Wildman–Crippen MR) is 94.2 cm³/mol. The molecular formula is C18H26O4Si. The molecule has 0 aliphatic carbocycles. The summed E-state index contributed by atoms with van der Waals surface area (Å²) in [5.74, 6) is 0. The summed E-state index contributed by atoms with van der Waals surface area (Å²) in [4.78, 5) is 0. The number of hydrogen-bond donors (Lipinski definition) is 0. The molecule has 0 aliphatic heterocycles. The average molecular weight is 334 g/mol. The molecule has 5 heteroatoms. The van der Waals surface area contributed by atoms with Crippen molar-refractivity contribution in [3.05, 3.63) is 48.0 Å². The zero-order chi connectivity index (χ0) is 16.7. The van der Waals surface area contributed by atoms with Crippen LogP contribution in [0.3, 0.4) is 0 Å². The van der Waals surface area contributed by atoms with Crippen molar-refractivity contribution in [1.29, 1.82) is 0 Å². The van der Waals surface area contributed by atoms with E-state index < -0.39 is 8.80 Å². The van der Waals surface area contributed by atoms with Crippen LogP contribution in [0.25, 0.3) is 10.8 Å². The summed E-state index contributed by atoms with van der Waals surface area (Å²) in [6.45, 7) is 4.29. The summed E-state index contributed by atoms with van der Waals surface area (Å²) in [5, 5.41) is 2.41. The monoisotopic (exact) mass is 334 g/mol. The first kappa shape index (κ1) is 18.1. The van der Waals surface area contributed by atoms with Gasteiger partial charge in [-0.05, 0) is 29.7 Å². The Hall–Kier alpha value is -1.24. The van der Waals surface area contributed by atoms with E-state index >= 15 is 0 Å². The summed E-state index contributed by atoms with van der Waals surface area (Å²) in [7, 11) is 0.480. The molecule has 0 spiro atoms. The molecule has 0 aliphatic rings. The Morgan fingerprint density at radius 1 is 1.00 bits per heavy atom. The van der Waals surface area contributed by atoms with Crippen molar-refractivity contribution in [3.8, 4) is 0 Å². The van der Waals surface area contributed by atoms with E-state index in [0.29, 0.717) is 6.04 Å². The van der Waals surface area contributed by atoms with E-state index in [-0.39, 0.29) is 12.9 Å². The Labute approximate surface area is 139 Å². The Kier molecular flexibility index (Phi) is 6.74. The van der Waals surface area contributed by atoms with Gasteiger partial charge in [-0.1, -0.05) is 49.4 Å². The lowest BCUT2D eigenvalue weighted by Gasteiger charge is -2.27. The van der Waals surface area contributed by atoms with Crippen LogP contribution in [0.4, 0.5) is 0 Å². The molecule has 2 aromatic carbocycles. The van der Waals surface area contributed by atoms with Crippen molar-refractivity contribution in [2.24, 2.45) is 0 Å². The summed E-state index contributed by atoms with van der Waals surface area (Å²) < 4.78 is 22.9. The van der Waals surface area contributed by atoms with E-state index in [1.807, 2.05) is 19.1 Å². The molecule has 1 atom stereocenters. The predicted octanol–water partition coefficient (Wildman–Crippen LogP) is 3.94. The molecule has 0 N–H and O–H groups in total. The van der Waals surface area contributed by atoms with Crippen molar-refractivity contribution in [3.63, 3.8) is 0 Å². The van der Waals surface area contributed by atoms with Crippen molar-refractivity contribution in [1.82, 2.24) is 0 Å². The number of rotatable bonds is 9. The van der Waals surface area contributed by atoms with Gasteiger partial charge in [-0.25, -0.2) is 0 Å². The zero-order valence-electron chi connectivity index (χ0n) is 14.4. The van der Waals surface area contributed by atoms with Crippen LogP contribution in [0.1, 0.15) is 25.8 Å². The molecule has 0 aromatic heterocycles. The van der Waals surface area contributed by atoms with Gasteiger partial charge >= 0.3 is 8.80 Å². The van der Waals surface area contributed by atoms with Gasteiger partial charge in [0.2, 0.25) is 0 Å². The van der Waals surface area contributed by atoms with Crippen LogP contribution in [0.15, 0.2) is 42.5 Å². The van der Waals surface area contributed by atoms with Crippen LogP contribution in [0.2, 0.25) is 0 Å². The first-order valence-electron chi connectivity index (χ1n) is 7.96. The Bertz CT molecular complexity index is 607. The standard InChI is InChI=1S/C18H26O4Si/c1-5-15(2)21-14-22-23(19-3,20-4)13-17-11-8-10-16-9-6-7-12-18(16)17/h6-12,15H,5,13-14H2,1-4H3. The van der Waals surface area contributed by atoms with Crippen LogP contribution >= 0.6 is 0 Å². The lowest BCUT2D eigenvalue weighted by Crippen LogP contribution is -2.47. The fourth-order valence-electron chi connectivity index (χ4n) is 2.43. The van der Waals surface area contributed by atoms with Gasteiger partial charge in [-0.3, -0.25) is 0 Å². The summed E-state index contributed by atoms with van der Waals surface area (Å²) in [6, 6.07) is 15.2. The highest BCUT2D eigenvalue weighted by atomic mass is 28.4. The fraction of sp³-hybridized carbons (Fsp3) is 0.444. The van der Waals surface area contributed by atoms with E-state index in [1.54, 1.807) is 14.2 Å². The van der Waals surface area contributed by atoms with Crippen molar-refractivity contribution < 1.29 is 18.0 Å². The molecule has 0 heterocycles. The van der Waals surface area contributed by atoms with Gasteiger partial charge in [0.15, 0.2) is 0 Å². The van der Waals surface area contributed by atoms with Crippen LogP contribution in [-0.2, 0) is 24.1 Å². The van der Waals surface area contributed by atoms with Gasteiger partial charge in [0.05, 0.1) is 6.10 Å². The van der Waals surface area contributed by atoms with Gasteiger partial charge in [0.25, 0.3) is 0 Å². The number of benzene rings is 2. The first-order valence-corrected chi connectivity index (χ1v) is 9.89. The Morgan fingerprint density at radius 2 is 1.70 bits per heavy atom. The third-order valence-corrected chi connectivity index (χ3v) is 6.73. The summed E-state index contributed by atoms with van der Waals surface area (Å²) in [5.41, 5.74) is 1.17. The highest BCUT2D eigenvalue weighted by Crippen LogP contribution is 2.23. The van der Waals surface area contributed by atoms with Crippen LogP contribution in [0, 0.1) is 0 Å². The second-order valence-electron chi connectivity index (χ2n) is 5.55. The molecule has 0 fully saturated rings. The molecule has 23 heavy (non-hydrogen) atoms. The SMILES string of the molecule is CCC(C)OCO[Si](Cc1cccc2ccccc12)(OC)OC. The first-order chi connectivity index (χ1) is 11.1. The summed E-state index contributed by atoms with van der Waals surface area (Å²) >= 11 is 0. The van der Waals surface area contributed by atoms with Crippen LogP contribution in [-0.4, -0.2) is 35.9 Å². The van der Waals surface area contributed by atoms with E-state index in [4.69, 9.17) is 18.0 Å². The van der Waals surface area contributed by atoms with Crippen LogP contribution < -0.4 is 0 Å². The summed E-state index contributed by atoms with van der Waals surface area (Å²) in [6.07, 6.45) is 1.11. The second-order valence-corrected chi connectivity index (χ2v) is 8.38. The Balaban J connectivity index is 2.17. The fourth-order valence-corrected chi connectivity index (χ4v) is 4.25. The minimum Gasteiger partial charge on any atom is -0.377 e. The Morgan fingerprint density at radius 3 is 2.39 bits per heavy atom. The van der Waals surface area contributed by atoms with Gasteiger partial charge < -0.3 is 18.0 Å². The van der Waals surface area contributed by atoms with Gasteiger partial charge in [-0.15, -0.1) is 0 Å². The van der Waals surface area contributed by atoms with Crippen molar-refractivity contribution in [2.45, 2.75) is 32.4 Å². The molecule has 2 rings (SSSR count). The molecule has 1 unspecified atom stereocenters. The quantitative estimate of drug-likeness (QED) is 0.514. The minimum atomic E-state index is -2.81. The average Bonchev–Trinajstić information content (AvgIpc) is 2.61. The maximum Gasteiger partial charge on any atom is 0.506 e. The number of hydrogen-bond acceptors (Lipinski definition) is 4. The largest absolute Gasteiger partial charge is 0.506 e. The second kappa shape index (κ2) is 8.56. The molecule has 0 radical (unpaired) electrons. The van der Waals surface area contributed by atoms with Crippen molar-refractivity contribution in [2.75, 3.05) is 21.0 Å². The van der Waals surface area contributed by atoms with E-state index in [9.17, 15) is 0 Å².